The van der Waals surface area contributed by atoms with Crippen LogP contribution in [0.15, 0.2) is 36.4 Å². The van der Waals surface area contributed by atoms with E-state index >= 15 is 0 Å². The molecule has 7 heteroatoms. The Bertz CT molecular complexity index is 891. The summed E-state index contributed by atoms with van der Waals surface area (Å²) in [4.78, 5) is 29.0. The lowest BCUT2D eigenvalue weighted by atomic mass is 10.1. The van der Waals surface area contributed by atoms with Gasteiger partial charge in [-0.1, -0.05) is 41.7 Å². The number of hydrogen-bond donors (Lipinski definition) is 1. The smallest absolute Gasteiger partial charge is 0.409 e. The van der Waals surface area contributed by atoms with Crippen LogP contribution in [0.1, 0.15) is 0 Å². The van der Waals surface area contributed by atoms with Gasteiger partial charge in [-0.25, -0.2) is 9.78 Å². The molecule has 0 aliphatic rings. The molecule has 2 aromatic carbocycles. The number of fused-ring (bicyclic) bond motifs is 3. The van der Waals surface area contributed by atoms with Crippen molar-refractivity contribution in [3.63, 3.8) is 0 Å². The van der Waals surface area contributed by atoms with E-state index in [2.05, 4.69) is 15.0 Å². The van der Waals surface area contributed by atoms with Crippen LogP contribution < -0.4 is 5.32 Å². The summed E-state index contributed by atoms with van der Waals surface area (Å²) >= 11 is 1.40. The molecule has 1 aromatic heterocycles. The number of likely N-dealkylation sites (N-methyl/N-ethyl adjacent to an activating group) is 1. The monoisotopic (exact) mass is 329 g/mol. The molecule has 0 radical (unpaired) electrons. The molecule has 3 aromatic rings. The second-order valence-electron chi connectivity index (χ2n) is 5.03. The number of anilines is 1. The van der Waals surface area contributed by atoms with E-state index in [1.807, 2.05) is 36.4 Å². The highest BCUT2D eigenvalue weighted by Gasteiger charge is 2.15. The minimum absolute atomic E-state index is 0.0939. The molecule has 0 aliphatic carbocycles. The van der Waals surface area contributed by atoms with E-state index in [1.54, 1.807) is 0 Å². The summed E-state index contributed by atoms with van der Waals surface area (Å²) in [5, 5.41) is 5.39. The number of methoxy groups -OCH3 is 1. The maximum atomic E-state index is 12.0. The summed E-state index contributed by atoms with van der Waals surface area (Å²) in [6.45, 7) is -0.0939. The molecule has 1 heterocycles. The first-order valence-corrected chi connectivity index (χ1v) is 7.77. The standard InChI is InChI=1S/C16H15N3O3S/c1-19(16(21)22-2)9-13(20)17-15-18-14-11-6-4-3-5-10(11)7-8-12(14)23-15/h3-8H,9H2,1-2H3,(H,17,18,20). The molecular weight excluding hydrogens is 314 g/mol. The lowest BCUT2D eigenvalue weighted by Crippen LogP contribution is -2.34. The summed E-state index contributed by atoms with van der Waals surface area (Å²) in [6, 6.07) is 12.0. The molecule has 0 fully saturated rings. The number of nitrogens with zero attached hydrogens (tertiary/aromatic N) is 2. The van der Waals surface area contributed by atoms with E-state index in [1.165, 1.54) is 30.4 Å². The van der Waals surface area contributed by atoms with Gasteiger partial charge in [-0.05, 0) is 11.5 Å². The van der Waals surface area contributed by atoms with Crippen molar-refractivity contribution in [3.05, 3.63) is 36.4 Å². The first-order valence-electron chi connectivity index (χ1n) is 6.95. The van der Waals surface area contributed by atoms with Gasteiger partial charge in [0.1, 0.15) is 6.54 Å². The Labute approximate surface area is 136 Å². The normalized spacial score (nSPS) is 10.7. The van der Waals surface area contributed by atoms with E-state index in [0.717, 1.165) is 21.0 Å². The minimum Gasteiger partial charge on any atom is -0.453 e. The second kappa shape index (κ2) is 6.21. The Morgan fingerprint density at radius 3 is 2.83 bits per heavy atom. The molecule has 0 atom stereocenters. The fraction of sp³-hybridized carbons (Fsp3) is 0.188. The number of thiazole rings is 1. The van der Waals surface area contributed by atoms with Crippen molar-refractivity contribution < 1.29 is 14.3 Å². The topological polar surface area (TPSA) is 71.5 Å². The number of ether oxygens (including phenoxy) is 1. The highest BCUT2D eigenvalue weighted by Crippen LogP contribution is 2.31. The van der Waals surface area contributed by atoms with Crippen molar-refractivity contribution in [1.82, 2.24) is 9.88 Å². The summed E-state index contributed by atoms with van der Waals surface area (Å²) in [5.41, 5.74) is 0.865. The fourth-order valence-corrected chi connectivity index (χ4v) is 3.21. The van der Waals surface area contributed by atoms with Gasteiger partial charge in [-0.15, -0.1) is 0 Å². The number of nitrogens with one attached hydrogen (secondary N) is 1. The van der Waals surface area contributed by atoms with Crippen LogP contribution in [0.25, 0.3) is 21.0 Å². The Morgan fingerprint density at radius 2 is 2.04 bits per heavy atom. The molecule has 23 heavy (non-hydrogen) atoms. The highest BCUT2D eigenvalue weighted by atomic mass is 32.1. The van der Waals surface area contributed by atoms with Crippen molar-refractivity contribution in [2.45, 2.75) is 0 Å². The second-order valence-corrected chi connectivity index (χ2v) is 6.06. The number of rotatable bonds is 3. The third-order valence-corrected chi connectivity index (χ3v) is 4.33. The molecule has 0 spiro atoms. The maximum Gasteiger partial charge on any atom is 0.409 e. The zero-order chi connectivity index (χ0) is 16.4. The SMILES string of the molecule is COC(=O)N(C)CC(=O)Nc1nc2c(ccc3ccccc32)s1. The average Bonchev–Trinajstić information content (AvgIpc) is 2.96. The van der Waals surface area contributed by atoms with Crippen LogP contribution in [0.4, 0.5) is 9.93 Å². The van der Waals surface area contributed by atoms with Crippen LogP contribution in [0, 0.1) is 0 Å². The van der Waals surface area contributed by atoms with Gasteiger partial charge in [-0.3, -0.25) is 4.79 Å². The number of amides is 2. The number of aromatic nitrogens is 1. The molecular formula is C16H15N3O3S. The van der Waals surface area contributed by atoms with Crippen molar-refractivity contribution in [2.24, 2.45) is 0 Å². The van der Waals surface area contributed by atoms with Crippen LogP contribution in [0.2, 0.25) is 0 Å². The van der Waals surface area contributed by atoms with E-state index in [4.69, 9.17) is 0 Å². The number of benzene rings is 2. The van der Waals surface area contributed by atoms with Gasteiger partial charge in [0.25, 0.3) is 0 Å². The molecule has 0 bridgehead atoms. The predicted molar refractivity (Wildman–Crippen MR) is 90.8 cm³/mol. The third-order valence-electron chi connectivity index (χ3n) is 3.40. The molecule has 0 aliphatic heterocycles. The van der Waals surface area contributed by atoms with Gasteiger partial charge in [0.05, 0.1) is 17.3 Å². The fourth-order valence-electron chi connectivity index (χ4n) is 2.31. The van der Waals surface area contributed by atoms with Gasteiger partial charge < -0.3 is 15.0 Å². The molecule has 0 saturated carbocycles. The average molecular weight is 329 g/mol. The third kappa shape index (κ3) is 3.09. The molecule has 0 saturated heterocycles. The Balaban J connectivity index is 1.82. The van der Waals surface area contributed by atoms with Gasteiger partial charge in [0.15, 0.2) is 5.13 Å². The van der Waals surface area contributed by atoms with E-state index in [0.29, 0.717) is 5.13 Å². The maximum absolute atomic E-state index is 12.0. The Kier molecular flexibility index (Phi) is 4.12. The molecule has 3 rings (SSSR count). The van der Waals surface area contributed by atoms with Gasteiger partial charge >= 0.3 is 6.09 Å². The lowest BCUT2D eigenvalue weighted by Gasteiger charge is -2.13. The van der Waals surface area contributed by atoms with E-state index < -0.39 is 6.09 Å². The zero-order valence-electron chi connectivity index (χ0n) is 12.7. The van der Waals surface area contributed by atoms with Crippen LogP contribution in [0.5, 0.6) is 0 Å². The quantitative estimate of drug-likeness (QED) is 0.801. The van der Waals surface area contributed by atoms with Crippen LogP contribution in [0.3, 0.4) is 0 Å². The highest BCUT2D eigenvalue weighted by molar-refractivity contribution is 7.22. The zero-order valence-corrected chi connectivity index (χ0v) is 13.5. The van der Waals surface area contributed by atoms with Crippen molar-refractivity contribution in [2.75, 3.05) is 26.0 Å². The van der Waals surface area contributed by atoms with Gasteiger partial charge in [0.2, 0.25) is 5.91 Å². The first-order chi connectivity index (χ1) is 11.1. The Hall–Kier alpha value is -2.67. The lowest BCUT2D eigenvalue weighted by molar-refractivity contribution is -0.116. The van der Waals surface area contributed by atoms with E-state index in [-0.39, 0.29) is 12.5 Å². The summed E-state index contributed by atoms with van der Waals surface area (Å²) < 4.78 is 5.55. The van der Waals surface area contributed by atoms with Crippen LogP contribution >= 0.6 is 11.3 Å². The minimum atomic E-state index is -0.560. The molecule has 2 amide bonds. The molecule has 0 unspecified atom stereocenters. The molecule has 118 valence electrons. The van der Waals surface area contributed by atoms with E-state index in [9.17, 15) is 9.59 Å². The molecule has 1 N–H and O–H groups in total. The number of hydrogen-bond acceptors (Lipinski definition) is 5. The van der Waals surface area contributed by atoms with Crippen LogP contribution in [-0.4, -0.2) is 42.6 Å². The van der Waals surface area contributed by atoms with Crippen molar-refractivity contribution >= 4 is 49.5 Å². The largest absolute Gasteiger partial charge is 0.453 e. The number of carbonyl (C=O) groups is 2. The summed E-state index contributed by atoms with van der Waals surface area (Å²) in [7, 11) is 2.77. The number of carbonyl (C=O) groups excluding carboxylic acids is 2. The van der Waals surface area contributed by atoms with Crippen molar-refractivity contribution in [3.8, 4) is 0 Å². The molecule has 6 nitrogen and oxygen atoms in total. The summed E-state index contributed by atoms with van der Waals surface area (Å²) in [6.07, 6.45) is -0.560. The Morgan fingerprint density at radius 1 is 1.26 bits per heavy atom. The van der Waals surface area contributed by atoms with Crippen LogP contribution in [-0.2, 0) is 9.53 Å². The summed E-state index contributed by atoms with van der Waals surface area (Å²) in [5.74, 6) is -0.318. The van der Waals surface area contributed by atoms with Gasteiger partial charge in [-0.2, -0.15) is 0 Å². The van der Waals surface area contributed by atoms with Gasteiger partial charge in [0, 0.05) is 12.4 Å². The predicted octanol–water partition coefficient (Wildman–Crippen LogP) is 3.09. The first kappa shape index (κ1) is 15.2. The van der Waals surface area contributed by atoms with Crippen molar-refractivity contribution in [1.29, 1.82) is 0 Å².